The molecule has 1 rings (SSSR count). The molecule has 0 aromatic heterocycles. The minimum atomic E-state index is -1.07. The number of hydrogen-bond acceptors (Lipinski definition) is 6. The summed E-state index contributed by atoms with van der Waals surface area (Å²) in [6.45, 7) is 10.0. The maximum atomic E-state index is 12.6. The summed E-state index contributed by atoms with van der Waals surface area (Å²) in [5, 5.41) is 8.85. The molecular formula is C20H34N2O7. The maximum Gasteiger partial charge on any atom is 0.410 e. The zero-order chi connectivity index (χ0) is 22.2. The van der Waals surface area contributed by atoms with Crippen LogP contribution >= 0.6 is 0 Å². The van der Waals surface area contributed by atoms with Crippen molar-refractivity contribution in [3.63, 3.8) is 0 Å². The first kappa shape index (κ1) is 24.7. The van der Waals surface area contributed by atoms with Gasteiger partial charge in [-0.3, -0.25) is 14.4 Å². The lowest BCUT2D eigenvalue weighted by Crippen LogP contribution is -2.51. The lowest BCUT2D eigenvalue weighted by Gasteiger charge is -2.38. The molecule has 0 atom stereocenters. The Morgan fingerprint density at radius 1 is 1.10 bits per heavy atom. The summed E-state index contributed by atoms with van der Waals surface area (Å²) < 4.78 is 10.6. The molecule has 2 amide bonds. The third-order valence-electron chi connectivity index (χ3n) is 4.31. The number of ether oxygens (including phenoxy) is 2. The molecule has 0 aliphatic carbocycles. The number of carboxylic acid groups (broad SMARTS) is 1. The predicted molar refractivity (Wildman–Crippen MR) is 105 cm³/mol. The molecule has 1 heterocycles. The third-order valence-corrected chi connectivity index (χ3v) is 4.31. The molecule has 0 spiro atoms. The molecule has 0 aromatic rings. The van der Waals surface area contributed by atoms with Gasteiger partial charge in [-0.15, -0.1) is 0 Å². The predicted octanol–water partition coefficient (Wildman–Crippen LogP) is 2.28. The SMILES string of the molecule is CC(C)COC(=O)CN(C(=O)CCC(=O)O)C1CCN(C(=O)OC(C)(C)C)CC1. The Bertz CT molecular complexity index is 590. The summed E-state index contributed by atoms with van der Waals surface area (Å²) in [6, 6.07) is -0.262. The first-order valence-electron chi connectivity index (χ1n) is 10.0. The molecule has 1 aliphatic heterocycles. The summed E-state index contributed by atoms with van der Waals surface area (Å²) in [6.07, 6.45) is 0.0769. The Balaban J connectivity index is 2.73. The van der Waals surface area contributed by atoms with E-state index in [1.54, 1.807) is 25.7 Å². The molecule has 1 saturated heterocycles. The molecule has 29 heavy (non-hydrogen) atoms. The molecular weight excluding hydrogens is 380 g/mol. The Morgan fingerprint density at radius 2 is 1.69 bits per heavy atom. The zero-order valence-electron chi connectivity index (χ0n) is 18.1. The van der Waals surface area contributed by atoms with E-state index in [9.17, 15) is 19.2 Å². The van der Waals surface area contributed by atoms with E-state index in [2.05, 4.69) is 0 Å². The first-order chi connectivity index (χ1) is 13.4. The average Bonchev–Trinajstić information content (AvgIpc) is 2.61. The van der Waals surface area contributed by atoms with Crippen molar-refractivity contribution in [3.05, 3.63) is 0 Å². The van der Waals surface area contributed by atoms with Crippen LogP contribution < -0.4 is 0 Å². The summed E-state index contributed by atoms with van der Waals surface area (Å²) in [5.74, 6) is -1.81. The number of nitrogens with zero attached hydrogens (tertiary/aromatic N) is 2. The van der Waals surface area contributed by atoms with Gasteiger partial charge in [-0.2, -0.15) is 0 Å². The van der Waals surface area contributed by atoms with Crippen molar-refractivity contribution < 1.29 is 33.8 Å². The number of piperidine rings is 1. The van der Waals surface area contributed by atoms with Crippen molar-refractivity contribution in [1.82, 2.24) is 9.80 Å². The minimum Gasteiger partial charge on any atom is -0.481 e. The molecule has 9 nitrogen and oxygen atoms in total. The summed E-state index contributed by atoms with van der Waals surface area (Å²) >= 11 is 0. The van der Waals surface area contributed by atoms with Crippen LogP contribution in [-0.4, -0.2) is 76.7 Å². The molecule has 0 radical (unpaired) electrons. The van der Waals surface area contributed by atoms with Crippen LogP contribution in [0.2, 0.25) is 0 Å². The number of aliphatic carboxylic acids is 1. The van der Waals surface area contributed by atoms with Crippen LogP contribution in [-0.2, 0) is 23.9 Å². The Hall–Kier alpha value is -2.32. The standard InChI is InChI=1S/C20H34N2O7/c1-14(2)13-28-18(26)12-22(16(23)6-7-17(24)25)15-8-10-21(11-9-15)19(27)29-20(3,4)5/h14-15H,6-13H2,1-5H3,(H,24,25). The highest BCUT2D eigenvalue weighted by Crippen LogP contribution is 2.20. The quantitative estimate of drug-likeness (QED) is 0.606. The summed E-state index contributed by atoms with van der Waals surface area (Å²) in [7, 11) is 0. The van der Waals surface area contributed by atoms with Crippen molar-refractivity contribution in [2.24, 2.45) is 5.92 Å². The highest BCUT2D eigenvalue weighted by molar-refractivity contribution is 5.84. The fraction of sp³-hybridized carbons (Fsp3) is 0.800. The normalized spacial score (nSPS) is 15.2. The first-order valence-corrected chi connectivity index (χ1v) is 10.0. The second-order valence-corrected chi connectivity index (χ2v) is 8.69. The topological polar surface area (TPSA) is 113 Å². The number of esters is 1. The van der Waals surface area contributed by atoms with Crippen LogP contribution in [0.25, 0.3) is 0 Å². The van der Waals surface area contributed by atoms with Crippen molar-refractivity contribution in [3.8, 4) is 0 Å². The second-order valence-electron chi connectivity index (χ2n) is 8.69. The molecule has 1 aliphatic rings. The van der Waals surface area contributed by atoms with Crippen LogP contribution in [0.15, 0.2) is 0 Å². The van der Waals surface area contributed by atoms with Gasteiger partial charge in [0, 0.05) is 25.6 Å². The highest BCUT2D eigenvalue weighted by Gasteiger charge is 2.32. The molecule has 0 saturated carbocycles. The van der Waals surface area contributed by atoms with E-state index < -0.39 is 29.5 Å². The van der Waals surface area contributed by atoms with E-state index in [4.69, 9.17) is 14.6 Å². The number of carboxylic acids is 1. The van der Waals surface area contributed by atoms with Crippen LogP contribution in [0, 0.1) is 5.92 Å². The Kier molecular flexibility index (Phi) is 9.39. The van der Waals surface area contributed by atoms with Crippen molar-refractivity contribution in [1.29, 1.82) is 0 Å². The highest BCUT2D eigenvalue weighted by atomic mass is 16.6. The van der Waals surface area contributed by atoms with Gasteiger partial charge < -0.3 is 24.4 Å². The number of rotatable bonds is 8. The number of hydrogen-bond donors (Lipinski definition) is 1. The summed E-state index contributed by atoms with van der Waals surface area (Å²) in [5.41, 5.74) is -0.590. The largest absolute Gasteiger partial charge is 0.481 e. The van der Waals surface area contributed by atoms with Gasteiger partial charge in [0.2, 0.25) is 5.91 Å². The monoisotopic (exact) mass is 414 g/mol. The third kappa shape index (κ3) is 9.62. The van der Waals surface area contributed by atoms with E-state index in [-0.39, 0.29) is 38.0 Å². The lowest BCUT2D eigenvalue weighted by atomic mass is 10.0. The fourth-order valence-electron chi connectivity index (χ4n) is 2.91. The molecule has 0 unspecified atom stereocenters. The van der Waals surface area contributed by atoms with Crippen LogP contribution in [0.5, 0.6) is 0 Å². The lowest BCUT2D eigenvalue weighted by molar-refractivity contribution is -0.152. The number of likely N-dealkylation sites (tertiary alicyclic amines) is 1. The number of carbonyl (C=O) groups excluding carboxylic acids is 3. The smallest absolute Gasteiger partial charge is 0.410 e. The average molecular weight is 414 g/mol. The molecule has 166 valence electrons. The van der Waals surface area contributed by atoms with Crippen LogP contribution in [0.1, 0.15) is 60.3 Å². The van der Waals surface area contributed by atoms with Gasteiger partial charge in [0.15, 0.2) is 0 Å². The molecule has 0 aromatic carbocycles. The van der Waals surface area contributed by atoms with E-state index in [1.165, 1.54) is 4.90 Å². The van der Waals surface area contributed by atoms with E-state index in [0.29, 0.717) is 25.9 Å². The Labute approximate surface area is 172 Å². The van der Waals surface area contributed by atoms with Gasteiger partial charge in [-0.1, -0.05) is 13.8 Å². The van der Waals surface area contributed by atoms with Gasteiger partial charge in [-0.25, -0.2) is 4.79 Å². The van der Waals surface area contributed by atoms with Gasteiger partial charge in [0.05, 0.1) is 13.0 Å². The van der Waals surface area contributed by atoms with Gasteiger partial charge in [0.1, 0.15) is 12.1 Å². The van der Waals surface area contributed by atoms with Crippen molar-refractivity contribution >= 4 is 23.9 Å². The van der Waals surface area contributed by atoms with Gasteiger partial charge in [-0.05, 0) is 39.5 Å². The Morgan fingerprint density at radius 3 is 2.17 bits per heavy atom. The maximum absolute atomic E-state index is 12.6. The second kappa shape index (κ2) is 11.0. The van der Waals surface area contributed by atoms with E-state index >= 15 is 0 Å². The molecule has 1 N–H and O–H groups in total. The van der Waals surface area contributed by atoms with Crippen LogP contribution in [0.3, 0.4) is 0 Å². The molecule has 9 heteroatoms. The van der Waals surface area contributed by atoms with Gasteiger partial charge in [0.25, 0.3) is 0 Å². The van der Waals surface area contributed by atoms with E-state index in [1.807, 2.05) is 13.8 Å². The van der Waals surface area contributed by atoms with Crippen LogP contribution in [0.4, 0.5) is 4.79 Å². The summed E-state index contributed by atoms with van der Waals surface area (Å²) in [4.78, 5) is 50.7. The number of amides is 2. The van der Waals surface area contributed by atoms with Crippen molar-refractivity contribution in [2.75, 3.05) is 26.2 Å². The zero-order valence-corrected chi connectivity index (χ0v) is 18.1. The fourth-order valence-corrected chi connectivity index (χ4v) is 2.91. The molecule has 0 bridgehead atoms. The van der Waals surface area contributed by atoms with Gasteiger partial charge >= 0.3 is 18.0 Å². The minimum absolute atomic E-state index is 0.173. The number of carbonyl (C=O) groups is 4. The van der Waals surface area contributed by atoms with E-state index in [0.717, 1.165) is 0 Å². The van der Waals surface area contributed by atoms with Crippen molar-refractivity contribution in [2.45, 2.75) is 71.9 Å². The molecule has 1 fully saturated rings.